The molecule has 0 saturated heterocycles. The van der Waals surface area contributed by atoms with E-state index in [1.54, 1.807) is 13.0 Å². The molecule has 1 unspecified atom stereocenters. The number of aromatic nitrogens is 1. The molecule has 2 N–H and O–H groups in total. The van der Waals surface area contributed by atoms with Crippen molar-refractivity contribution < 1.29 is 9.90 Å². The predicted molar refractivity (Wildman–Crippen MR) is 66.0 cm³/mol. The van der Waals surface area contributed by atoms with Gasteiger partial charge < -0.3 is 10.4 Å². The van der Waals surface area contributed by atoms with Crippen LogP contribution in [0.5, 0.6) is 0 Å². The maximum Gasteiger partial charge on any atom is 0.252 e. The van der Waals surface area contributed by atoms with E-state index >= 15 is 0 Å². The molecule has 1 rings (SSSR count). The Hall–Kier alpha value is -0.400. The summed E-state index contributed by atoms with van der Waals surface area (Å²) in [6, 6.07) is 1.31. The van der Waals surface area contributed by atoms with Crippen LogP contribution in [0.3, 0.4) is 0 Å². The van der Waals surface area contributed by atoms with Gasteiger partial charge in [0.2, 0.25) is 0 Å². The zero-order valence-corrected chi connectivity index (χ0v) is 10.9. The third-order valence-corrected chi connectivity index (χ3v) is 3.44. The standard InChI is InChI=1S/C9H10ClIN2O2/c1-5(4-14)13-9(15)6-2-3-12-8(10)7(6)11/h2-3,5,14H,4H2,1H3,(H,13,15). The summed E-state index contributed by atoms with van der Waals surface area (Å²) in [7, 11) is 0. The molecule has 6 heteroatoms. The van der Waals surface area contributed by atoms with Gasteiger partial charge in [0.05, 0.1) is 15.7 Å². The Balaban J connectivity index is 2.87. The zero-order valence-electron chi connectivity index (χ0n) is 8.00. The van der Waals surface area contributed by atoms with E-state index < -0.39 is 0 Å². The van der Waals surface area contributed by atoms with Gasteiger partial charge in [-0.15, -0.1) is 0 Å². The van der Waals surface area contributed by atoms with Gasteiger partial charge in [0.1, 0.15) is 5.15 Å². The molecule has 1 heterocycles. The minimum Gasteiger partial charge on any atom is -0.394 e. The van der Waals surface area contributed by atoms with Gasteiger partial charge in [0, 0.05) is 12.2 Å². The maximum absolute atomic E-state index is 11.7. The van der Waals surface area contributed by atoms with E-state index in [1.165, 1.54) is 6.20 Å². The number of hydrogen-bond donors (Lipinski definition) is 2. The van der Waals surface area contributed by atoms with Crippen LogP contribution in [0.1, 0.15) is 17.3 Å². The van der Waals surface area contributed by atoms with E-state index in [0.717, 1.165) is 0 Å². The maximum atomic E-state index is 11.7. The topological polar surface area (TPSA) is 62.2 Å². The fourth-order valence-corrected chi connectivity index (χ4v) is 1.66. The van der Waals surface area contributed by atoms with Crippen molar-refractivity contribution in [1.82, 2.24) is 10.3 Å². The summed E-state index contributed by atoms with van der Waals surface area (Å²) in [5, 5.41) is 11.7. The smallest absolute Gasteiger partial charge is 0.252 e. The van der Waals surface area contributed by atoms with E-state index in [1.807, 2.05) is 22.6 Å². The Morgan fingerprint density at radius 1 is 1.80 bits per heavy atom. The van der Waals surface area contributed by atoms with Gasteiger partial charge in [-0.2, -0.15) is 0 Å². The molecular formula is C9H10ClIN2O2. The zero-order chi connectivity index (χ0) is 11.4. The van der Waals surface area contributed by atoms with Crippen LogP contribution in [0, 0.1) is 3.57 Å². The Morgan fingerprint density at radius 2 is 2.47 bits per heavy atom. The van der Waals surface area contributed by atoms with Crippen molar-refractivity contribution in [1.29, 1.82) is 0 Å². The lowest BCUT2D eigenvalue weighted by Crippen LogP contribution is -2.35. The number of nitrogens with zero attached hydrogens (tertiary/aromatic N) is 1. The lowest BCUT2D eigenvalue weighted by Gasteiger charge is -2.11. The molecule has 0 radical (unpaired) electrons. The summed E-state index contributed by atoms with van der Waals surface area (Å²) < 4.78 is 0.611. The first-order valence-corrected chi connectivity index (χ1v) is 5.73. The second-order valence-electron chi connectivity index (χ2n) is 3.02. The van der Waals surface area contributed by atoms with Crippen molar-refractivity contribution >= 4 is 40.1 Å². The second-order valence-corrected chi connectivity index (χ2v) is 4.46. The fourth-order valence-electron chi connectivity index (χ4n) is 0.941. The molecule has 0 bridgehead atoms. The molecule has 4 nitrogen and oxygen atoms in total. The third kappa shape index (κ3) is 3.29. The lowest BCUT2D eigenvalue weighted by atomic mass is 10.2. The number of nitrogens with one attached hydrogen (secondary N) is 1. The van der Waals surface area contributed by atoms with E-state index in [4.69, 9.17) is 16.7 Å². The van der Waals surface area contributed by atoms with E-state index in [2.05, 4.69) is 10.3 Å². The van der Waals surface area contributed by atoms with Crippen LogP contribution in [-0.2, 0) is 0 Å². The first kappa shape index (κ1) is 12.7. The van der Waals surface area contributed by atoms with Crippen molar-refractivity contribution in [2.75, 3.05) is 6.61 Å². The predicted octanol–water partition coefficient (Wildman–Crippen LogP) is 1.45. The second kappa shape index (κ2) is 5.62. The molecule has 82 valence electrons. The van der Waals surface area contributed by atoms with Crippen LogP contribution in [0.4, 0.5) is 0 Å². The van der Waals surface area contributed by atoms with Crippen molar-refractivity contribution in [3.8, 4) is 0 Å². The SMILES string of the molecule is CC(CO)NC(=O)c1ccnc(Cl)c1I. The Kier molecular flexibility index (Phi) is 4.75. The highest BCUT2D eigenvalue weighted by molar-refractivity contribution is 14.1. The van der Waals surface area contributed by atoms with Crippen molar-refractivity contribution in [3.63, 3.8) is 0 Å². The van der Waals surface area contributed by atoms with Gasteiger partial charge in [-0.05, 0) is 35.6 Å². The van der Waals surface area contributed by atoms with E-state index in [-0.39, 0.29) is 18.6 Å². The summed E-state index contributed by atoms with van der Waals surface area (Å²) in [6.45, 7) is 1.62. The van der Waals surface area contributed by atoms with E-state index in [9.17, 15) is 4.79 Å². The number of halogens is 2. The highest BCUT2D eigenvalue weighted by Crippen LogP contribution is 2.19. The molecule has 0 aliphatic rings. The number of carbonyl (C=O) groups excluding carboxylic acids is 1. The average Bonchev–Trinajstić information content (AvgIpc) is 2.21. The summed E-state index contributed by atoms with van der Waals surface area (Å²) >= 11 is 7.74. The highest BCUT2D eigenvalue weighted by Gasteiger charge is 2.14. The number of rotatable bonds is 3. The van der Waals surface area contributed by atoms with Crippen molar-refractivity contribution in [2.24, 2.45) is 0 Å². The van der Waals surface area contributed by atoms with Crippen LogP contribution in [-0.4, -0.2) is 28.6 Å². The number of hydrogen-bond acceptors (Lipinski definition) is 3. The van der Waals surface area contributed by atoms with Gasteiger partial charge in [-0.3, -0.25) is 4.79 Å². The third-order valence-electron chi connectivity index (χ3n) is 1.74. The van der Waals surface area contributed by atoms with Gasteiger partial charge in [-0.25, -0.2) is 4.98 Å². The van der Waals surface area contributed by atoms with Gasteiger partial charge in [0.25, 0.3) is 5.91 Å². The van der Waals surface area contributed by atoms with Crippen molar-refractivity contribution in [3.05, 3.63) is 26.5 Å². The Morgan fingerprint density at radius 3 is 3.07 bits per heavy atom. The van der Waals surface area contributed by atoms with Crippen molar-refractivity contribution in [2.45, 2.75) is 13.0 Å². The Labute approximate surface area is 106 Å². The first-order valence-electron chi connectivity index (χ1n) is 4.28. The lowest BCUT2D eigenvalue weighted by molar-refractivity contribution is 0.0921. The van der Waals surface area contributed by atoms with E-state index in [0.29, 0.717) is 14.3 Å². The largest absolute Gasteiger partial charge is 0.394 e. The summed E-state index contributed by atoms with van der Waals surface area (Å²) in [4.78, 5) is 15.5. The van der Waals surface area contributed by atoms with Gasteiger partial charge >= 0.3 is 0 Å². The quantitative estimate of drug-likeness (QED) is 0.647. The molecule has 1 atom stereocenters. The molecule has 15 heavy (non-hydrogen) atoms. The van der Waals surface area contributed by atoms with Crippen LogP contribution in [0.15, 0.2) is 12.3 Å². The fraction of sp³-hybridized carbons (Fsp3) is 0.333. The summed E-state index contributed by atoms with van der Waals surface area (Å²) in [5.74, 6) is -0.259. The number of aliphatic hydroxyl groups is 1. The molecule has 0 spiro atoms. The monoisotopic (exact) mass is 340 g/mol. The normalized spacial score (nSPS) is 12.3. The molecule has 1 aromatic heterocycles. The summed E-state index contributed by atoms with van der Waals surface area (Å²) in [6.07, 6.45) is 1.48. The van der Waals surface area contributed by atoms with Crippen LogP contribution in [0.2, 0.25) is 5.15 Å². The molecule has 0 aliphatic heterocycles. The van der Waals surface area contributed by atoms with Gasteiger partial charge in [-0.1, -0.05) is 11.6 Å². The molecule has 1 aromatic rings. The van der Waals surface area contributed by atoms with Crippen LogP contribution < -0.4 is 5.32 Å². The molecule has 0 saturated carbocycles. The number of pyridine rings is 1. The number of amides is 1. The van der Waals surface area contributed by atoms with Crippen LogP contribution >= 0.6 is 34.2 Å². The minimum absolute atomic E-state index is 0.0961. The molecule has 0 aliphatic carbocycles. The number of carbonyl (C=O) groups is 1. The number of aliphatic hydroxyl groups excluding tert-OH is 1. The molecule has 0 aromatic carbocycles. The molecule has 0 fully saturated rings. The van der Waals surface area contributed by atoms with Crippen LogP contribution in [0.25, 0.3) is 0 Å². The molecule has 1 amide bonds. The minimum atomic E-state index is -0.278. The average molecular weight is 341 g/mol. The summed E-state index contributed by atoms with van der Waals surface area (Å²) in [5.41, 5.74) is 0.468. The first-order chi connectivity index (χ1) is 7.06. The molecular weight excluding hydrogens is 330 g/mol. The Bertz CT molecular complexity index is 373. The highest BCUT2D eigenvalue weighted by atomic mass is 127. The van der Waals surface area contributed by atoms with Gasteiger partial charge in [0.15, 0.2) is 0 Å².